The first-order valence-electron chi connectivity index (χ1n) is 9.78. The number of carbonyl (C=O) groups is 1. The second-order valence-corrected chi connectivity index (χ2v) is 7.88. The molecular weight excluding hydrogens is 440 g/mol. The third-order valence-corrected chi connectivity index (χ3v) is 5.56. The molecule has 0 spiro atoms. The SMILES string of the molecule is O.O=C(NCc1cccnc1)Nc1cnc(NS(=O)c2ccccc2-c2ccccc2)nc1. The van der Waals surface area contributed by atoms with Gasteiger partial charge in [0.15, 0.2) is 11.0 Å². The van der Waals surface area contributed by atoms with Crippen molar-refractivity contribution in [1.29, 1.82) is 0 Å². The quantitative estimate of drug-likeness (QED) is 0.387. The Morgan fingerprint density at radius 1 is 0.879 bits per heavy atom. The molecule has 0 saturated carbocycles. The van der Waals surface area contributed by atoms with Crippen molar-refractivity contribution in [2.45, 2.75) is 11.4 Å². The van der Waals surface area contributed by atoms with Gasteiger partial charge in [-0.1, -0.05) is 54.6 Å². The van der Waals surface area contributed by atoms with Gasteiger partial charge in [-0.15, -0.1) is 0 Å². The summed E-state index contributed by atoms with van der Waals surface area (Å²) in [6, 6.07) is 20.5. The van der Waals surface area contributed by atoms with Crippen LogP contribution in [0.2, 0.25) is 0 Å². The molecule has 2 heterocycles. The minimum atomic E-state index is -1.57. The van der Waals surface area contributed by atoms with Gasteiger partial charge >= 0.3 is 6.03 Å². The van der Waals surface area contributed by atoms with Gasteiger partial charge in [0.25, 0.3) is 0 Å². The molecule has 10 heteroatoms. The number of pyridine rings is 1. The van der Waals surface area contributed by atoms with Crippen LogP contribution in [0.5, 0.6) is 0 Å². The van der Waals surface area contributed by atoms with Crippen LogP contribution in [0.15, 0.2) is 96.4 Å². The van der Waals surface area contributed by atoms with E-state index in [0.717, 1.165) is 16.7 Å². The van der Waals surface area contributed by atoms with E-state index in [1.165, 1.54) is 12.4 Å². The molecule has 0 bridgehead atoms. The molecule has 2 aromatic carbocycles. The maximum atomic E-state index is 12.9. The standard InChI is InChI=1S/C23H20N6O2S.H2O/c30-23(27-14-17-7-6-12-24-13-17)28-19-15-25-22(26-16-19)29-32(31)21-11-5-4-10-20(21)18-8-2-1-3-9-18;/h1-13,15-16H,14H2,(H,25,26,29)(H2,27,28,30);1H2. The predicted molar refractivity (Wildman–Crippen MR) is 128 cm³/mol. The van der Waals surface area contributed by atoms with Crippen LogP contribution in [0.3, 0.4) is 0 Å². The third-order valence-electron chi connectivity index (χ3n) is 4.44. The minimum Gasteiger partial charge on any atom is -0.412 e. The Morgan fingerprint density at radius 3 is 2.33 bits per heavy atom. The maximum absolute atomic E-state index is 12.9. The average Bonchev–Trinajstić information content (AvgIpc) is 2.85. The van der Waals surface area contributed by atoms with Crippen LogP contribution < -0.4 is 15.4 Å². The largest absolute Gasteiger partial charge is 0.412 e. The Bertz CT molecular complexity index is 1210. The minimum absolute atomic E-state index is 0. The Morgan fingerprint density at radius 2 is 1.61 bits per heavy atom. The zero-order valence-corrected chi connectivity index (χ0v) is 18.3. The number of urea groups is 1. The highest BCUT2D eigenvalue weighted by Crippen LogP contribution is 2.26. The molecule has 1 unspecified atom stereocenters. The second kappa shape index (κ2) is 11.5. The van der Waals surface area contributed by atoms with Crippen molar-refractivity contribution in [1.82, 2.24) is 20.3 Å². The molecule has 33 heavy (non-hydrogen) atoms. The Balaban J connectivity index is 0.00000306. The topological polar surface area (TPSA) is 140 Å². The molecule has 4 rings (SSSR count). The molecule has 4 aromatic rings. The number of hydrogen-bond donors (Lipinski definition) is 3. The zero-order chi connectivity index (χ0) is 22.2. The van der Waals surface area contributed by atoms with Gasteiger partial charge in [0, 0.05) is 18.9 Å². The molecule has 0 saturated heterocycles. The lowest BCUT2D eigenvalue weighted by atomic mass is 10.1. The highest BCUT2D eigenvalue weighted by molar-refractivity contribution is 7.86. The van der Waals surface area contributed by atoms with E-state index < -0.39 is 17.0 Å². The monoisotopic (exact) mass is 462 g/mol. The molecule has 168 valence electrons. The first-order chi connectivity index (χ1) is 15.7. The van der Waals surface area contributed by atoms with E-state index in [-0.39, 0.29) is 11.4 Å². The number of anilines is 2. The van der Waals surface area contributed by atoms with Gasteiger partial charge in [0.05, 0.1) is 23.0 Å². The van der Waals surface area contributed by atoms with E-state index in [1.807, 2.05) is 54.6 Å². The molecule has 0 fully saturated rings. The Hall–Kier alpha value is -4.15. The molecule has 1 atom stereocenters. The Labute approximate surface area is 193 Å². The van der Waals surface area contributed by atoms with Crippen LogP contribution in [-0.2, 0) is 17.5 Å². The number of hydrogen-bond acceptors (Lipinski definition) is 5. The summed E-state index contributed by atoms with van der Waals surface area (Å²) in [7, 11) is -1.57. The molecule has 2 aromatic heterocycles. The van der Waals surface area contributed by atoms with Gasteiger partial charge in [0.2, 0.25) is 5.95 Å². The van der Waals surface area contributed by atoms with Crippen molar-refractivity contribution in [2.24, 2.45) is 0 Å². The van der Waals surface area contributed by atoms with Crippen LogP contribution >= 0.6 is 0 Å². The average molecular weight is 463 g/mol. The summed E-state index contributed by atoms with van der Waals surface area (Å²) in [6.07, 6.45) is 6.24. The van der Waals surface area contributed by atoms with Gasteiger partial charge in [-0.3, -0.25) is 9.71 Å². The highest BCUT2D eigenvalue weighted by atomic mass is 32.2. The van der Waals surface area contributed by atoms with Crippen molar-refractivity contribution in [3.8, 4) is 11.1 Å². The fraction of sp³-hybridized carbons (Fsp3) is 0.0435. The zero-order valence-electron chi connectivity index (χ0n) is 17.4. The first-order valence-corrected chi connectivity index (χ1v) is 10.9. The molecule has 0 radical (unpaired) electrons. The number of nitrogens with zero attached hydrogens (tertiary/aromatic N) is 3. The van der Waals surface area contributed by atoms with E-state index >= 15 is 0 Å². The summed E-state index contributed by atoms with van der Waals surface area (Å²) in [6.45, 7) is 0.347. The third kappa shape index (κ3) is 6.42. The van der Waals surface area contributed by atoms with Crippen molar-refractivity contribution < 1.29 is 14.5 Å². The number of nitrogens with one attached hydrogen (secondary N) is 3. The Kier molecular flexibility index (Phi) is 8.17. The van der Waals surface area contributed by atoms with Gasteiger partial charge in [-0.05, 0) is 28.8 Å². The number of aromatic nitrogens is 3. The normalized spacial score (nSPS) is 11.0. The number of carbonyl (C=O) groups excluding carboxylic acids is 1. The van der Waals surface area contributed by atoms with E-state index in [1.54, 1.807) is 24.5 Å². The van der Waals surface area contributed by atoms with Crippen molar-refractivity contribution >= 4 is 28.7 Å². The lowest BCUT2D eigenvalue weighted by Gasteiger charge is -2.11. The van der Waals surface area contributed by atoms with E-state index in [4.69, 9.17) is 0 Å². The number of rotatable bonds is 7. The van der Waals surface area contributed by atoms with Gasteiger partial charge in [-0.2, -0.15) is 0 Å². The van der Waals surface area contributed by atoms with E-state index in [0.29, 0.717) is 17.1 Å². The van der Waals surface area contributed by atoms with Crippen LogP contribution in [-0.4, -0.2) is 30.7 Å². The van der Waals surface area contributed by atoms with Crippen LogP contribution in [0.4, 0.5) is 16.4 Å². The van der Waals surface area contributed by atoms with Crippen LogP contribution in [0.25, 0.3) is 11.1 Å². The van der Waals surface area contributed by atoms with Gasteiger partial charge in [-0.25, -0.2) is 19.0 Å². The summed E-state index contributed by atoms with van der Waals surface area (Å²) in [4.78, 5) is 25.0. The second-order valence-electron chi connectivity index (χ2n) is 6.70. The van der Waals surface area contributed by atoms with Crippen molar-refractivity contribution in [3.63, 3.8) is 0 Å². The fourth-order valence-corrected chi connectivity index (χ4v) is 3.90. The van der Waals surface area contributed by atoms with Gasteiger partial charge < -0.3 is 16.1 Å². The molecular formula is C23H22N6O3S. The van der Waals surface area contributed by atoms with E-state index in [9.17, 15) is 9.00 Å². The maximum Gasteiger partial charge on any atom is 0.319 e. The summed E-state index contributed by atoms with van der Waals surface area (Å²) in [5.41, 5.74) is 3.13. The lowest BCUT2D eigenvalue weighted by molar-refractivity contribution is 0.251. The summed E-state index contributed by atoms with van der Waals surface area (Å²) >= 11 is 0. The highest BCUT2D eigenvalue weighted by Gasteiger charge is 2.12. The number of benzene rings is 2. The molecule has 0 aliphatic rings. The lowest BCUT2D eigenvalue weighted by Crippen LogP contribution is -2.28. The molecule has 0 aliphatic heterocycles. The smallest absolute Gasteiger partial charge is 0.319 e. The predicted octanol–water partition coefficient (Wildman–Crippen LogP) is 3.17. The molecule has 5 N–H and O–H groups in total. The molecule has 9 nitrogen and oxygen atoms in total. The summed E-state index contributed by atoms with van der Waals surface area (Å²) < 4.78 is 15.7. The molecule has 2 amide bonds. The van der Waals surface area contributed by atoms with Crippen molar-refractivity contribution in [2.75, 3.05) is 10.0 Å². The van der Waals surface area contributed by atoms with Crippen LogP contribution in [0, 0.1) is 0 Å². The van der Waals surface area contributed by atoms with Gasteiger partial charge in [0.1, 0.15) is 0 Å². The fourth-order valence-electron chi connectivity index (χ4n) is 2.93. The number of amides is 2. The van der Waals surface area contributed by atoms with Crippen molar-refractivity contribution in [3.05, 3.63) is 97.1 Å². The summed E-state index contributed by atoms with van der Waals surface area (Å²) in [5, 5.41) is 5.38. The van der Waals surface area contributed by atoms with E-state index in [2.05, 4.69) is 30.3 Å². The van der Waals surface area contributed by atoms with Crippen LogP contribution in [0.1, 0.15) is 5.56 Å². The first kappa shape index (κ1) is 23.5. The summed E-state index contributed by atoms with van der Waals surface area (Å²) in [5.74, 6) is 0.188. The molecule has 0 aliphatic carbocycles.